The average Bonchev–Trinajstić information content (AvgIpc) is 2.46. The van der Waals surface area contributed by atoms with Crippen LogP contribution in [0.4, 0.5) is 4.39 Å². The van der Waals surface area contributed by atoms with Gasteiger partial charge in [0, 0.05) is 12.6 Å². The van der Waals surface area contributed by atoms with Crippen molar-refractivity contribution in [3.05, 3.63) is 78.1 Å². The fourth-order valence-electron chi connectivity index (χ4n) is 1.92. The molecule has 0 saturated heterocycles. The van der Waals surface area contributed by atoms with Gasteiger partial charge in [-0.3, -0.25) is 0 Å². The molecule has 0 heterocycles. The average molecular weight is 255 g/mol. The van der Waals surface area contributed by atoms with Crippen molar-refractivity contribution in [2.75, 3.05) is 6.54 Å². The molecule has 1 atom stereocenters. The highest BCUT2D eigenvalue weighted by Crippen LogP contribution is 2.15. The van der Waals surface area contributed by atoms with Crippen LogP contribution in [0.2, 0.25) is 0 Å². The van der Waals surface area contributed by atoms with Gasteiger partial charge < -0.3 is 5.32 Å². The Morgan fingerprint density at radius 3 is 2.37 bits per heavy atom. The van der Waals surface area contributed by atoms with E-state index < -0.39 is 0 Å². The zero-order chi connectivity index (χ0) is 13.7. The molecule has 2 rings (SSSR count). The Bertz CT molecular complexity index is 531. The zero-order valence-corrected chi connectivity index (χ0v) is 11.1. The summed E-state index contributed by atoms with van der Waals surface area (Å²) in [5.74, 6) is -0.204. The second-order valence-electron chi connectivity index (χ2n) is 4.62. The van der Waals surface area contributed by atoms with E-state index in [0.717, 1.165) is 16.7 Å². The maximum atomic E-state index is 12.9. The Balaban J connectivity index is 1.92. The highest BCUT2D eigenvalue weighted by Gasteiger charge is 2.06. The SMILES string of the molecule is C=C(CN[C@@H](C)c1ccc(F)cc1)c1ccccc1. The predicted molar refractivity (Wildman–Crippen MR) is 78.3 cm³/mol. The van der Waals surface area contributed by atoms with Crippen LogP contribution in [0.5, 0.6) is 0 Å². The molecule has 0 radical (unpaired) electrons. The molecule has 2 aromatic rings. The van der Waals surface area contributed by atoms with Gasteiger partial charge in [-0.1, -0.05) is 49.0 Å². The minimum Gasteiger partial charge on any atom is -0.306 e. The molecule has 0 aliphatic heterocycles. The molecule has 0 aliphatic carbocycles. The molecule has 2 aromatic carbocycles. The Labute approximate surface area is 113 Å². The van der Waals surface area contributed by atoms with Crippen LogP contribution in [0.15, 0.2) is 61.2 Å². The molecule has 0 aliphatic rings. The molecule has 0 fully saturated rings. The summed E-state index contributed by atoms with van der Waals surface area (Å²) in [4.78, 5) is 0. The van der Waals surface area contributed by atoms with Gasteiger partial charge in [0.2, 0.25) is 0 Å². The van der Waals surface area contributed by atoms with E-state index in [0.29, 0.717) is 6.54 Å². The monoisotopic (exact) mass is 255 g/mol. The molecule has 98 valence electrons. The summed E-state index contributed by atoms with van der Waals surface area (Å²) in [5.41, 5.74) is 3.26. The molecular weight excluding hydrogens is 237 g/mol. The van der Waals surface area contributed by atoms with Crippen LogP contribution in [-0.2, 0) is 0 Å². The van der Waals surface area contributed by atoms with Crippen molar-refractivity contribution in [1.29, 1.82) is 0 Å². The van der Waals surface area contributed by atoms with Crippen LogP contribution >= 0.6 is 0 Å². The number of nitrogens with one attached hydrogen (secondary N) is 1. The number of hydrogen-bond acceptors (Lipinski definition) is 1. The third-order valence-corrected chi connectivity index (χ3v) is 3.17. The molecule has 0 aromatic heterocycles. The van der Waals surface area contributed by atoms with E-state index in [-0.39, 0.29) is 11.9 Å². The highest BCUT2D eigenvalue weighted by molar-refractivity contribution is 5.64. The maximum Gasteiger partial charge on any atom is 0.123 e. The van der Waals surface area contributed by atoms with Crippen LogP contribution < -0.4 is 5.32 Å². The minimum atomic E-state index is -0.204. The topological polar surface area (TPSA) is 12.0 Å². The smallest absolute Gasteiger partial charge is 0.123 e. The van der Waals surface area contributed by atoms with E-state index in [9.17, 15) is 4.39 Å². The largest absolute Gasteiger partial charge is 0.306 e. The second-order valence-corrected chi connectivity index (χ2v) is 4.62. The number of benzene rings is 2. The van der Waals surface area contributed by atoms with E-state index >= 15 is 0 Å². The zero-order valence-electron chi connectivity index (χ0n) is 11.1. The molecule has 0 saturated carbocycles. The predicted octanol–water partition coefficient (Wildman–Crippen LogP) is 4.19. The van der Waals surface area contributed by atoms with Gasteiger partial charge in [-0.05, 0) is 35.8 Å². The van der Waals surface area contributed by atoms with Crippen molar-refractivity contribution >= 4 is 5.57 Å². The summed E-state index contributed by atoms with van der Waals surface area (Å²) in [6, 6.07) is 16.8. The minimum absolute atomic E-state index is 0.168. The highest BCUT2D eigenvalue weighted by atomic mass is 19.1. The quantitative estimate of drug-likeness (QED) is 0.844. The van der Waals surface area contributed by atoms with Gasteiger partial charge in [-0.15, -0.1) is 0 Å². The van der Waals surface area contributed by atoms with Crippen LogP contribution in [0.1, 0.15) is 24.1 Å². The van der Waals surface area contributed by atoms with E-state index in [2.05, 4.69) is 18.8 Å². The van der Waals surface area contributed by atoms with Gasteiger partial charge in [-0.25, -0.2) is 4.39 Å². The lowest BCUT2D eigenvalue weighted by Gasteiger charge is -2.15. The van der Waals surface area contributed by atoms with Crippen molar-refractivity contribution in [3.63, 3.8) is 0 Å². The second kappa shape index (κ2) is 6.30. The summed E-state index contributed by atoms with van der Waals surface area (Å²) >= 11 is 0. The van der Waals surface area contributed by atoms with Crippen LogP contribution in [0, 0.1) is 5.82 Å². The first-order valence-electron chi connectivity index (χ1n) is 6.39. The summed E-state index contributed by atoms with van der Waals surface area (Å²) in [6.07, 6.45) is 0. The van der Waals surface area contributed by atoms with E-state index in [1.54, 1.807) is 12.1 Å². The Hall–Kier alpha value is -1.93. The normalized spacial score (nSPS) is 12.1. The molecule has 0 bridgehead atoms. The molecule has 1 nitrogen and oxygen atoms in total. The lowest BCUT2D eigenvalue weighted by molar-refractivity contribution is 0.608. The molecule has 0 spiro atoms. The molecule has 1 N–H and O–H groups in total. The fraction of sp³-hybridized carbons (Fsp3) is 0.176. The number of rotatable bonds is 5. The van der Waals surface area contributed by atoms with Gasteiger partial charge in [0.15, 0.2) is 0 Å². The Morgan fingerprint density at radius 1 is 1.11 bits per heavy atom. The van der Waals surface area contributed by atoms with Crippen molar-refractivity contribution in [2.24, 2.45) is 0 Å². The first kappa shape index (κ1) is 13.5. The van der Waals surface area contributed by atoms with E-state index in [1.165, 1.54) is 12.1 Å². The van der Waals surface area contributed by atoms with Crippen molar-refractivity contribution in [1.82, 2.24) is 5.32 Å². The Morgan fingerprint density at radius 2 is 1.74 bits per heavy atom. The van der Waals surface area contributed by atoms with Gasteiger partial charge in [0.1, 0.15) is 5.82 Å². The van der Waals surface area contributed by atoms with Gasteiger partial charge in [0.25, 0.3) is 0 Å². The van der Waals surface area contributed by atoms with Crippen molar-refractivity contribution < 1.29 is 4.39 Å². The molecule has 0 amide bonds. The van der Waals surface area contributed by atoms with Crippen LogP contribution in [0.3, 0.4) is 0 Å². The first-order valence-corrected chi connectivity index (χ1v) is 6.39. The standard InChI is InChI=1S/C17H18FN/c1-13(15-6-4-3-5-7-15)12-19-14(2)16-8-10-17(18)11-9-16/h3-11,14,19H,1,12H2,2H3/t14-/m0/s1. The first-order chi connectivity index (χ1) is 9.16. The van der Waals surface area contributed by atoms with E-state index in [1.807, 2.05) is 30.3 Å². The molecule has 2 heteroatoms. The van der Waals surface area contributed by atoms with Crippen LogP contribution in [-0.4, -0.2) is 6.54 Å². The van der Waals surface area contributed by atoms with Gasteiger partial charge in [0.05, 0.1) is 0 Å². The maximum absolute atomic E-state index is 12.9. The van der Waals surface area contributed by atoms with E-state index in [4.69, 9.17) is 0 Å². The van der Waals surface area contributed by atoms with Crippen molar-refractivity contribution in [3.8, 4) is 0 Å². The third kappa shape index (κ3) is 3.76. The lowest BCUT2D eigenvalue weighted by Crippen LogP contribution is -2.20. The molecule has 0 unspecified atom stereocenters. The molecular formula is C17H18FN. The van der Waals surface area contributed by atoms with Crippen LogP contribution in [0.25, 0.3) is 5.57 Å². The van der Waals surface area contributed by atoms with Gasteiger partial charge in [-0.2, -0.15) is 0 Å². The Kier molecular flexibility index (Phi) is 4.48. The van der Waals surface area contributed by atoms with Gasteiger partial charge >= 0.3 is 0 Å². The lowest BCUT2D eigenvalue weighted by atomic mass is 10.1. The van der Waals surface area contributed by atoms with Crippen molar-refractivity contribution in [2.45, 2.75) is 13.0 Å². The molecule has 19 heavy (non-hydrogen) atoms. The summed E-state index contributed by atoms with van der Waals surface area (Å²) in [6.45, 7) is 6.85. The number of halogens is 1. The summed E-state index contributed by atoms with van der Waals surface area (Å²) in [7, 11) is 0. The summed E-state index contributed by atoms with van der Waals surface area (Å²) < 4.78 is 12.9. The number of hydrogen-bond donors (Lipinski definition) is 1. The summed E-state index contributed by atoms with van der Waals surface area (Å²) in [5, 5.41) is 3.39. The fourth-order valence-corrected chi connectivity index (χ4v) is 1.92. The third-order valence-electron chi connectivity index (χ3n) is 3.17.